The van der Waals surface area contributed by atoms with E-state index >= 15 is 0 Å². The number of urea groups is 1. The molecule has 3 heterocycles. The molecule has 0 aliphatic carbocycles. The van der Waals surface area contributed by atoms with E-state index in [-0.39, 0.29) is 24.2 Å². The molecular weight excluding hydrogens is 342 g/mol. The number of piperidine rings is 1. The van der Waals surface area contributed by atoms with Gasteiger partial charge < -0.3 is 9.32 Å². The molecule has 1 unspecified atom stereocenters. The van der Waals surface area contributed by atoms with Crippen LogP contribution in [-0.2, 0) is 16.6 Å². The summed E-state index contributed by atoms with van der Waals surface area (Å²) in [5, 5.41) is 0. The first kappa shape index (κ1) is 16.1. The smallest absolute Gasteiger partial charge is 0.334 e. The average molecular weight is 361 g/mol. The first-order valence-corrected chi connectivity index (χ1v) is 9.97. The zero-order valence-electron chi connectivity index (χ0n) is 13.7. The summed E-state index contributed by atoms with van der Waals surface area (Å²) in [6.45, 7) is 0.438. The number of aromatic nitrogens is 1. The number of hydrogen-bond donors (Lipinski definition) is 0. The number of oxazole rings is 1. The minimum atomic E-state index is -3.65. The second-order valence-corrected chi connectivity index (χ2v) is 8.33. The van der Waals surface area contributed by atoms with E-state index in [4.69, 9.17) is 4.42 Å². The molecule has 25 heavy (non-hydrogen) atoms. The Morgan fingerprint density at radius 3 is 2.80 bits per heavy atom. The maximum Gasteiger partial charge on any atom is 0.334 e. The number of fused-ring (bicyclic) bond motifs is 1. The fraction of sp³-hybridized carbons (Fsp3) is 0.412. The van der Waals surface area contributed by atoms with Crippen LogP contribution in [0.1, 0.15) is 25.2 Å². The molecule has 0 bridgehead atoms. The third kappa shape index (κ3) is 3.02. The highest BCUT2D eigenvalue weighted by atomic mass is 32.2. The van der Waals surface area contributed by atoms with Gasteiger partial charge in [0.05, 0.1) is 11.9 Å². The van der Waals surface area contributed by atoms with Gasteiger partial charge >= 0.3 is 6.03 Å². The molecule has 2 saturated heterocycles. The number of amides is 2. The summed E-state index contributed by atoms with van der Waals surface area (Å²) < 4.78 is 31.6. The van der Waals surface area contributed by atoms with E-state index in [1.165, 1.54) is 0 Å². The third-order valence-corrected chi connectivity index (χ3v) is 6.48. The Labute approximate surface area is 146 Å². The average Bonchev–Trinajstić information content (AvgIpc) is 3.08. The summed E-state index contributed by atoms with van der Waals surface area (Å²) in [7, 11) is -3.65. The number of rotatable bonds is 3. The highest BCUT2D eigenvalue weighted by molar-refractivity contribution is 7.89. The molecular formula is C17H19N3O4S. The Kier molecular flexibility index (Phi) is 3.99. The van der Waals surface area contributed by atoms with E-state index in [1.54, 1.807) is 11.1 Å². The van der Waals surface area contributed by atoms with E-state index in [2.05, 4.69) is 4.98 Å². The van der Waals surface area contributed by atoms with Crippen LogP contribution in [0, 0.1) is 0 Å². The topological polar surface area (TPSA) is 83.7 Å². The minimum absolute atomic E-state index is 0.0228. The van der Waals surface area contributed by atoms with Crippen molar-refractivity contribution in [2.75, 3.05) is 12.3 Å². The Morgan fingerprint density at radius 2 is 2.00 bits per heavy atom. The Morgan fingerprint density at radius 1 is 1.20 bits per heavy atom. The van der Waals surface area contributed by atoms with Crippen LogP contribution >= 0.6 is 0 Å². The molecule has 1 aromatic carbocycles. The summed E-state index contributed by atoms with van der Waals surface area (Å²) in [6.07, 6.45) is 4.17. The number of hydrogen-bond acceptors (Lipinski definition) is 5. The maximum absolute atomic E-state index is 12.7. The zero-order chi connectivity index (χ0) is 17.4. The van der Waals surface area contributed by atoms with Gasteiger partial charge in [-0.15, -0.1) is 0 Å². The number of sulfonamides is 1. The summed E-state index contributed by atoms with van der Waals surface area (Å²) >= 11 is 0. The number of nitrogens with zero attached hydrogens (tertiary/aromatic N) is 3. The third-order valence-electron chi connectivity index (χ3n) is 4.72. The molecule has 8 heteroatoms. The van der Waals surface area contributed by atoms with Crippen molar-refractivity contribution < 1.29 is 17.6 Å². The van der Waals surface area contributed by atoms with Gasteiger partial charge in [-0.25, -0.2) is 22.5 Å². The number of carbonyl (C=O) groups excluding carboxylic acids is 1. The van der Waals surface area contributed by atoms with E-state index in [1.807, 2.05) is 30.3 Å². The van der Waals surface area contributed by atoms with Crippen molar-refractivity contribution in [1.29, 1.82) is 0 Å². The fourth-order valence-electron chi connectivity index (χ4n) is 3.43. The molecule has 0 radical (unpaired) electrons. The van der Waals surface area contributed by atoms with Crippen LogP contribution in [0.4, 0.5) is 4.79 Å². The monoisotopic (exact) mass is 361 g/mol. The number of carbonyl (C=O) groups is 1. The summed E-state index contributed by atoms with van der Waals surface area (Å²) in [4.78, 5) is 18.5. The van der Waals surface area contributed by atoms with Crippen LogP contribution in [0.15, 0.2) is 40.9 Å². The fourth-order valence-corrected chi connectivity index (χ4v) is 5.09. The van der Waals surface area contributed by atoms with Crippen molar-refractivity contribution in [1.82, 2.24) is 14.2 Å². The van der Waals surface area contributed by atoms with E-state index in [0.29, 0.717) is 12.3 Å². The second kappa shape index (κ2) is 6.18. The van der Waals surface area contributed by atoms with Gasteiger partial charge in [0.15, 0.2) is 5.76 Å². The normalized spacial score (nSPS) is 22.7. The van der Waals surface area contributed by atoms with E-state index in [0.717, 1.165) is 29.1 Å². The SMILES string of the molecule is O=C1N2CCCCC2CS(=O)(=O)N1Cc1ncc(-c2ccccc2)o1. The predicted octanol–water partition coefficient (Wildman–Crippen LogP) is 2.46. The first-order chi connectivity index (χ1) is 12.0. The lowest BCUT2D eigenvalue weighted by atomic mass is 10.0. The van der Waals surface area contributed by atoms with Crippen molar-refractivity contribution in [3.63, 3.8) is 0 Å². The Hall–Kier alpha value is -2.35. The molecule has 4 rings (SSSR count). The molecule has 0 saturated carbocycles. The molecule has 1 atom stereocenters. The molecule has 2 aliphatic rings. The predicted molar refractivity (Wildman–Crippen MR) is 91.0 cm³/mol. The van der Waals surface area contributed by atoms with Crippen LogP contribution in [0.5, 0.6) is 0 Å². The second-order valence-electron chi connectivity index (χ2n) is 6.40. The quantitative estimate of drug-likeness (QED) is 0.838. The zero-order valence-corrected chi connectivity index (χ0v) is 14.5. The van der Waals surface area contributed by atoms with E-state index in [9.17, 15) is 13.2 Å². The molecule has 2 aromatic rings. The van der Waals surface area contributed by atoms with Crippen LogP contribution in [0.3, 0.4) is 0 Å². The van der Waals surface area contributed by atoms with Gasteiger partial charge in [-0.1, -0.05) is 30.3 Å². The molecule has 2 amide bonds. The summed E-state index contributed by atoms with van der Waals surface area (Å²) in [5.41, 5.74) is 0.852. The Bertz CT molecular complexity index is 878. The molecule has 0 spiro atoms. The lowest BCUT2D eigenvalue weighted by Gasteiger charge is -2.42. The van der Waals surface area contributed by atoms with Crippen LogP contribution < -0.4 is 0 Å². The van der Waals surface area contributed by atoms with Gasteiger partial charge in [0.2, 0.25) is 15.9 Å². The lowest BCUT2D eigenvalue weighted by Crippen LogP contribution is -2.60. The van der Waals surface area contributed by atoms with Gasteiger partial charge in [-0.05, 0) is 19.3 Å². The van der Waals surface area contributed by atoms with Crippen LogP contribution in [-0.4, -0.2) is 47.0 Å². The standard InChI is InChI=1S/C17H19N3O4S/c21-17-19-9-5-4-8-14(19)12-25(22,23)20(17)11-16-18-10-15(24-16)13-6-2-1-3-7-13/h1-3,6-7,10,14H,4-5,8-9,11-12H2. The molecule has 0 N–H and O–H groups in total. The highest BCUT2D eigenvalue weighted by Crippen LogP contribution is 2.28. The van der Waals surface area contributed by atoms with Crippen LogP contribution in [0.25, 0.3) is 11.3 Å². The van der Waals surface area contributed by atoms with Gasteiger partial charge in [0.25, 0.3) is 0 Å². The lowest BCUT2D eigenvalue weighted by molar-refractivity contribution is 0.129. The Balaban J connectivity index is 1.57. The van der Waals surface area contributed by atoms with Crippen molar-refractivity contribution in [3.8, 4) is 11.3 Å². The van der Waals surface area contributed by atoms with Gasteiger partial charge in [-0.2, -0.15) is 0 Å². The molecule has 2 aliphatic heterocycles. The van der Waals surface area contributed by atoms with Crippen molar-refractivity contribution in [2.24, 2.45) is 0 Å². The van der Waals surface area contributed by atoms with Crippen molar-refractivity contribution in [2.45, 2.75) is 31.8 Å². The van der Waals surface area contributed by atoms with E-state index < -0.39 is 16.1 Å². The maximum atomic E-state index is 12.7. The summed E-state index contributed by atoms with van der Waals surface area (Å²) in [5.74, 6) is 0.741. The van der Waals surface area contributed by atoms with Crippen LogP contribution in [0.2, 0.25) is 0 Å². The molecule has 1 aromatic heterocycles. The van der Waals surface area contributed by atoms with Crippen molar-refractivity contribution in [3.05, 3.63) is 42.4 Å². The minimum Gasteiger partial charge on any atom is -0.439 e. The molecule has 2 fully saturated rings. The largest absolute Gasteiger partial charge is 0.439 e. The molecule has 7 nitrogen and oxygen atoms in total. The highest BCUT2D eigenvalue weighted by Gasteiger charge is 2.44. The first-order valence-electron chi connectivity index (χ1n) is 8.36. The molecule has 132 valence electrons. The van der Waals surface area contributed by atoms with Gasteiger partial charge in [0.1, 0.15) is 6.54 Å². The number of benzene rings is 1. The van der Waals surface area contributed by atoms with Gasteiger partial charge in [0, 0.05) is 18.2 Å². The summed E-state index contributed by atoms with van der Waals surface area (Å²) in [6, 6.07) is 8.76. The van der Waals surface area contributed by atoms with Gasteiger partial charge in [-0.3, -0.25) is 0 Å². The van der Waals surface area contributed by atoms with Crippen molar-refractivity contribution >= 4 is 16.1 Å².